The lowest BCUT2D eigenvalue weighted by atomic mass is 9.82. The van der Waals surface area contributed by atoms with Crippen LogP contribution in [0.3, 0.4) is 0 Å². The maximum absolute atomic E-state index is 14.9. The number of Topliss-reactive ketones (excluding diaryl/α,β-unsaturated/α-hetero) is 1. The van der Waals surface area contributed by atoms with Gasteiger partial charge in [-0.3, -0.25) is 23.9 Å². The lowest BCUT2D eigenvalue weighted by Gasteiger charge is -2.32. The van der Waals surface area contributed by atoms with Crippen molar-refractivity contribution in [3.63, 3.8) is 0 Å². The van der Waals surface area contributed by atoms with E-state index in [-0.39, 0.29) is 68.8 Å². The largest absolute Gasteiger partial charge is 0.497 e. The van der Waals surface area contributed by atoms with Gasteiger partial charge in [-0.15, -0.1) is 0 Å². The molecule has 0 radical (unpaired) electrons. The molecule has 0 spiro atoms. The van der Waals surface area contributed by atoms with E-state index in [1.54, 1.807) is 39.0 Å². The summed E-state index contributed by atoms with van der Waals surface area (Å²) in [4.78, 5) is 67.2. The quantitative estimate of drug-likeness (QED) is 0.243. The lowest BCUT2D eigenvalue weighted by Crippen LogP contribution is -2.48. The number of allylic oxidation sites excluding steroid dienone is 2. The first-order chi connectivity index (χ1) is 26.8. The average Bonchev–Trinajstić information content (AvgIpc) is 4.05. The van der Waals surface area contributed by atoms with Gasteiger partial charge in [-0.05, 0) is 89.2 Å². The van der Waals surface area contributed by atoms with Crippen molar-refractivity contribution in [2.24, 2.45) is 29.1 Å². The predicted molar refractivity (Wildman–Crippen MR) is 208 cm³/mol. The number of amides is 2. The molecule has 1 saturated heterocycles. The maximum Gasteiger partial charge on any atom is 0.320 e. The number of halogens is 1. The van der Waals surface area contributed by atoms with Crippen LogP contribution in [0, 0.1) is 29.1 Å². The Labute approximate surface area is 333 Å². The van der Waals surface area contributed by atoms with Crippen molar-refractivity contribution in [3.8, 4) is 17.6 Å². The van der Waals surface area contributed by atoms with Gasteiger partial charge < -0.3 is 23.8 Å². The zero-order chi connectivity index (χ0) is 41.5. The van der Waals surface area contributed by atoms with E-state index in [4.69, 9.17) is 18.9 Å². The molecule has 7 atom stereocenters. The van der Waals surface area contributed by atoms with E-state index in [1.165, 1.54) is 19.1 Å². The van der Waals surface area contributed by atoms with Crippen molar-refractivity contribution in [1.29, 1.82) is 0 Å². The number of carbonyl (C=O) groups is 4. The number of nitrogens with one attached hydrogen (secondary N) is 1. The Morgan fingerprint density at radius 2 is 1.81 bits per heavy atom. The van der Waals surface area contributed by atoms with Crippen molar-refractivity contribution in [2.75, 3.05) is 27.4 Å². The Bertz CT molecular complexity index is 2030. The summed E-state index contributed by atoms with van der Waals surface area (Å²) >= 11 is 0. The number of nitrogens with zero attached hydrogens (tertiary/aromatic N) is 3. The molecule has 2 amide bonds. The minimum absolute atomic E-state index is 0.0277. The van der Waals surface area contributed by atoms with E-state index in [1.807, 2.05) is 19.1 Å². The van der Waals surface area contributed by atoms with E-state index < -0.39 is 80.0 Å². The van der Waals surface area contributed by atoms with E-state index in [0.29, 0.717) is 29.5 Å². The number of esters is 1. The number of aromatic nitrogens is 2. The van der Waals surface area contributed by atoms with Crippen LogP contribution in [-0.4, -0.2) is 96.8 Å². The van der Waals surface area contributed by atoms with Crippen LogP contribution in [0.25, 0.3) is 10.9 Å². The molecule has 1 aromatic heterocycles. The van der Waals surface area contributed by atoms with E-state index in [0.717, 1.165) is 6.42 Å². The second-order valence-electron chi connectivity index (χ2n) is 17.5. The number of ketones is 1. The van der Waals surface area contributed by atoms with Gasteiger partial charge in [0.2, 0.25) is 27.7 Å². The van der Waals surface area contributed by atoms with Crippen LogP contribution in [0.5, 0.6) is 17.6 Å². The Balaban J connectivity index is 1.37. The number of fused-ring (bicyclic) bond motifs is 3. The molecule has 14 nitrogen and oxygen atoms in total. The Morgan fingerprint density at radius 1 is 1.07 bits per heavy atom. The number of carbonyl (C=O) groups excluding carboxylic acids is 4. The molecule has 312 valence electrons. The zero-order valence-electron chi connectivity index (χ0n) is 33.8. The predicted octanol–water partition coefficient (Wildman–Crippen LogP) is 5.27. The molecular weight excluding hydrogens is 760 g/mol. The third kappa shape index (κ3) is 9.05. The standard InChI is InChI=1S/C41H55FN4O10S/c1-24-10-8-9-11-26-20-41(26,37(50)45-57(51,52)40(23-42)14-15-40)21-33(47)32-18-28(55-35-29-13-12-27(53-6)17-31(29)43-38(44-35)54-7)22-46(32)36(49)30(25(2)16-24)19-34(48)56-39(3,4)5/h9,11-13,17,24-26,28,30,32H,8,10,14-16,18-23H2,1-7H3,(H,45,50)/b11-9-/t24-,25-,26-,28-,30+,32+,41-/m1/s1. The van der Waals surface area contributed by atoms with Crippen LogP contribution in [0.15, 0.2) is 30.4 Å². The fraction of sp³-hybridized carbons (Fsp3) is 0.659. The molecule has 2 aliphatic carbocycles. The van der Waals surface area contributed by atoms with Gasteiger partial charge in [-0.1, -0.05) is 26.0 Å². The van der Waals surface area contributed by atoms with Gasteiger partial charge in [0.1, 0.15) is 28.9 Å². The Kier molecular flexibility index (Phi) is 12.0. The molecule has 3 fully saturated rings. The smallest absolute Gasteiger partial charge is 0.320 e. The molecule has 0 unspecified atom stereocenters. The topological polar surface area (TPSA) is 180 Å². The normalized spacial score (nSPS) is 29.6. The number of ether oxygens (including phenoxy) is 4. The van der Waals surface area contributed by atoms with Crippen LogP contribution in [-0.2, 0) is 33.9 Å². The Morgan fingerprint density at radius 3 is 2.46 bits per heavy atom. The first-order valence-corrected chi connectivity index (χ1v) is 21.2. The molecule has 2 saturated carbocycles. The summed E-state index contributed by atoms with van der Waals surface area (Å²) in [6, 6.07) is 4.11. The molecule has 4 aliphatic rings. The summed E-state index contributed by atoms with van der Waals surface area (Å²) in [7, 11) is -1.41. The van der Waals surface area contributed by atoms with Crippen molar-refractivity contribution in [1.82, 2.24) is 19.6 Å². The number of hydrogen-bond donors (Lipinski definition) is 1. The third-order valence-corrected chi connectivity index (χ3v) is 14.0. The first kappa shape index (κ1) is 42.3. The van der Waals surface area contributed by atoms with Gasteiger partial charge in [0.05, 0.1) is 55.5 Å². The fourth-order valence-corrected chi connectivity index (χ4v) is 9.77. The SMILES string of the molecule is COc1ccc2c(O[C@@H]3C[C@H]4C(=O)C[C@]5(C(=O)NS(=O)(=O)C6(CF)CC6)C[C@H]5/C=C\CC[C@@H](C)C[C@@H](C)[C@H](CC(=O)OC(C)(C)C)C(=O)N4C3)nc(OC)nc2c1. The highest BCUT2D eigenvalue weighted by atomic mass is 32.2. The molecule has 1 aromatic carbocycles. The van der Waals surface area contributed by atoms with Crippen molar-refractivity contribution < 1.29 is 50.9 Å². The van der Waals surface area contributed by atoms with Crippen LogP contribution in [0.4, 0.5) is 4.39 Å². The highest BCUT2D eigenvalue weighted by Gasteiger charge is 2.63. The van der Waals surface area contributed by atoms with Crippen LogP contribution < -0.4 is 18.9 Å². The average molecular weight is 815 g/mol. The summed E-state index contributed by atoms with van der Waals surface area (Å²) in [5.74, 6) is -2.93. The van der Waals surface area contributed by atoms with E-state index >= 15 is 0 Å². The summed E-state index contributed by atoms with van der Waals surface area (Å²) in [5, 5.41) is 0.537. The lowest BCUT2D eigenvalue weighted by molar-refractivity contribution is -0.160. The number of rotatable bonds is 10. The third-order valence-electron chi connectivity index (χ3n) is 11.9. The number of hydrogen-bond acceptors (Lipinski definition) is 12. The number of benzene rings is 1. The van der Waals surface area contributed by atoms with Crippen LogP contribution in [0.2, 0.25) is 0 Å². The fourth-order valence-electron chi connectivity index (χ4n) is 8.33. The number of sulfonamides is 1. The molecule has 1 N–H and O–H groups in total. The Hall–Kier alpha value is -4.34. The molecule has 3 heterocycles. The molecule has 6 rings (SSSR count). The van der Waals surface area contributed by atoms with E-state index in [9.17, 15) is 32.0 Å². The molecule has 0 bridgehead atoms. The number of alkyl halides is 1. The van der Waals surface area contributed by atoms with Gasteiger partial charge in [0.25, 0.3) is 0 Å². The van der Waals surface area contributed by atoms with Gasteiger partial charge >= 0.3 is 12.0 Å². The summed E-state index contributed by atoms with van der Waals surface area (Å²) in [5.41, 5.74) is -1.72. The van der Waals surface area contributed by atoms with Gasteiger partial charge in [-0.2, -0.15) is 9.97 Å². The molecule has 2 aromatic rings. The summed E-state index contributed by atoms with van der Waals surface area (Å²) in [6.07, 6.45) is 4.98. The highest BCUT2D eigenvalue weighted by molar-refractivity contribution is 7.91. The van der Waals surface area contributed by atoms with Crippen molar-refractivity contribution in [3.05, 3.63) is 30.4 Å². The summed E-state index contributed by atoms with van der Waals surface area (Å²) < 4.78 is 63.7. The zero-order valence-corrected chi connectivity index (χ0v) is 34.7. The second kappa shape index (κ2) is 16.1. The molecule has 57 heavy (non-hydrogen) atoms. The molecular formula is C41H55FN4O10S. The van der Waals surface area contributed by atoms with Gasteiger partial charge in [0.15, 0.2) is 5.78 Å². The second-order valence-corrected chi connectivity index (χ2v) is 19.5. The van der Waals surface area contributed by atoms with Crippen molar-refractivity contribution >= 4 is 44.5 Å². The van der Waals surface area contributed by atoms with E-state index in [2.05, 4.69) is 21.6 Å². The van der Waals surface area contributed by atoms with Crippen LogP contribution in [0.1, 0.15) is 92.4 Å². The minimum Gasteiger partial charge on any atom is -0.497 e. The summed E-state index contributed by atoms with van der Waals surface area (Å²) in [6.45, 7) is 8.13. The van der Waals surface area contributed by atoms with Crippen LogP contribution >= 0.6 is 0 Å². The number of methoxy groups -OCH3 is 2. The monoisotopic (exact) mass is 814 g/mol. The first-order valence-electron chi connectivity index (χ1n) is 19.7. The highest BCUT2D eigenvalue weighted by Crippen LogP contribution is 2.58. The molecule has 16 heteroatoms. The minimum atomic E-state index is -4.35. The molecule has 2 aliphatic heterocycles. The van der Waals surface area contributed by atoms with Gasteiger partial charge in [-0.25, -0.2) is 12.8 Å². The van der Waals surface area contributed by atoms with Crippen molar-refractivity contribution in [2.45, 2.75) is 115 Å². The maximum atomic E-state index is 14.9. The van der Waals surface area contributed by atoms with Gasteiger partial charge in [0, 0.05) is 18.9 Å².